The summed E-state index contributed by atoms with van der Waals surface area (Å²) in [5, 5.41) is 0. The standard InChI is InChI=1S/C24H29FN2O4/c1-5-26-10-12-27(13-11-26)20-8-6-17(14-19(20)25)21(28)9-7-18-15-23(30-3)24(31-4)16-22(18)29-2/h6-9,14-16H,5,10-13H2,1-4H3/b9-7+. The van der Waals surface area contributed by atoms with Crippen LogP contribution in [0.25, 0.3) is 6.08 Å². The largest absolute Gasteiger partial charge is 0.496 e. The first-order valence-corrected chi connectivity index (χ1v) is 10.3. The van der Waals surface area contributed by atoms with Crippen LogP contribution in [0, 0.1) is 5.82 Å². The van der Waals surface area contributed by atoms with Gasteiger partial charge in [0.15, 0.2) is 17.3 Å². The zero-order valence-corrected chi connectivity index (χ0v) is 18.5. The Hall–Kier alpha value is -3.06. The average molecular weight is 429 g/mol. The molecule has 1 heterocycles. The van der Waals surface area contributed by atoms with Gasteiger partial charge in [-0.25, -0.2) is 4.39 Å². The van der Waals surface area contributed by atoms with E-state index in [1.165, 1.54) is 33.5 Å². The van der Waals surface area contributed by atoms with Crippen molar-refractivity contribution in [1.29, 1.82) is 0 Å². The number of anilines is 1. The van der Waals surface area contributed by atoms with Crippen LogP contribution in [0.15, 0.2) is 36.4 Å². The van der Waals surface area contributed by atoms with E-state index >= 15 is 0 Å². The first-order chi connectivity index (χ1) is 15.0. The Morgan fingerprint density at radius 2 is 1.61 bits per heavy atom. The van der Waals surface area contributed by atoms with E-state index < -0.39 is 0 Å². The van der Waals surface area contributed by atoms with Crippen LogP contribution >= 0.6 is 0 Å². The van der Waals surface area contributed by atoms with Crippen molar-refractivity contribution in [2.75, 3.05) is 59.0 Å². The van der Waals surface area contributed by atoms with Gasteiger partial charge in [0.05, 0.1) is 27.0 Å². The third-order valence-electron chi connectivity index (χ3n) is 5.54. The normalized spacial score (nSPS) is 14.7. The average Bonchev–Trinajstić information content (AvgIpc) is 2.81. The molecule has 0 radical (unpaired) electrons. The second-order valence-corrected chi connectivity index (χ2v) is 7.23. The lowest BCUT2D eigenvalue weighted by atomic mass is 10.1. The van der Waals surface area contributed by atoms with Gasteiger partial charge < -0.3 is 24.0 Å². The van der Waals surface area contributed by atoms with E-state index in [9.17, 15) is 9.18 Å². The van der Waals surface area contributed by atoms with Crippen LogP contribution in [0.4, 0.5) is 10.1 Å². The van der Waals surface area contributed by atoms with Crippen LogP contribution in [-0.4, -0.2) is 64.7 Å². The zero-order chi connectivity index (χ0) is 22.4. The number of hydrogen-bond acceptors (Lipinski definition) is 6. The monoisotopic (exact) mass is 428 g/mol. The smallest absolute Gasteiger partial charge is 0.185 e. The molecule has 0 spiro atoms. The van der Waals surface area contributed by atoms with Crippen molar-refractivity contribution in [3.8, 4) is 17.2 Å². The third kappa shape index (κ3) is 5.17. The molecule has 0 aromatic heterocycles. The second kappa shape index (κ2) is 10.3. The molecule has 2 aromatic rings. The number of methoxy groups -OCH3 is 3. The van der Waals surface area contributed by atoms with Crippen molar-refractivity contribution in [1.82, 2.24) is 4.90 Å². The summed E-state index contributed by atoms with van der Waals surface area (Å²) in [7, 11) is 4.61. The predicted octanol–water partition coefficient (Wildman–Crippen LogP) is 3.89. The summed E-state index contributed by atoms with van der Waals surface area (Å²) < 4.78 is 30.7. The quantitative estimate of drug-likeness (QED) is 0.470. The van der Waals surface area contributed by atoms with Crippen LogP contribution in [0.3, 0.4) is 0 Å². The molecule has 0 aliphatic carbocycles. The first-order valence-electron chi connectivity index (χ1n) is 10.3. The van der Waals surface area contributed by atoms with Crippen molar-refractivity contribution in [2.24, 2.45) is 0 Å². The number of likely N-dealkylation sites (N-methyl/N-ethyl adjacent to an activating group) is 1. The number of piperazine rings is 1. The van der Waals surface area contributed by atoms with E-state index in [1.54, 1.807) is 30.3 Å². The zero-order valence-electron chi connectivity index (χ0n) is 18.5. The van der Waals surface area contributed by atoms with Crippen molar-refractivity contribution < 1.29 is 23.4 Å². The van der Waals surface area contributed by atoms with E-state index in [1.807, 2.05) is 4.90 Å². The molecule has 166 valence electrons. The van der Waals surface area contributed by atoms with Crippen molar-refractivity contribution in [2.45, 2.75) is 6.92 Å². The summed E-state index contributed by atoms with van der Waals surface area (Å²) in [6, 6.07) is 8.08. The number of benzene rings is 2. The molecule has 1 aliphatic heterocycles. The van der Waals surface area contributed by atoms with Crippen molar-refractivity contribution in [3.05, 3.63) is 53.4 Å². The van der Waals surface area contributed by atoms with Gasteiger partial charge in [0.2, 0.25) is 0 Å². The Morgan fingerprint density at radius 1 is 0.968 bits per heavy atom. The van der Waals surface area contributed by atoms with Crippen LogP contribution in [-0.2, 0) is 0 Å². The highest BCUT2D eigenvalue weighted by Gasteiger charge is 2.19. The maximum Gasteiger partial charge on any atom is 0.185 e. The molecule has 6 nitrogen and oxygen atoms in total. The van der Waals surface area contributed by atoms with Gasteiger partial charge in [-0.05, 0) is 43.0 Å². The van der Waals surface area contributed by atoms with Crippen LogP contribution in [0.2, 0.25) is 0 Å². The lowest BCUT2D eigenvalue weighted by Crippen LogP contribution is -2.46. The van der Waals surface area contributed by atoms with E-state index in [0.717, 1.165) is 32.7 Å². The maximum atomic E-state index is 14.8. The maximum absolute atomic E-state index is 14.8. The van der Waals surface area contributed by atoms with Gasteiger partial charge in [0.1, 0.15) is 11.6 Å². The van der Waals surface area contributed by atoms with E-state index in [-0.39, 0.29) is 11.6 Å². The number of halogens is 1. The minimum atomic E-state index is -0.382. The summed E-state index contributed by atoms with van der Waals surface area (Å²) in [6.07, 6.45) is 3.02. The van der Waals surface area contributed by atoms with Gasteiger partial charge in [-0.15, -0.1) is 0 Å². The third-order valence-corrected chi connectivity index (χ3v) is 5.54. The molecular weight excluding hydrogens is 399 g/mol. The predicted molar refractivity (Wildman–Crippen MR) is 120 cm³/mol. The minimum absolute atomic E-state index is 0.293. The molecule has 0 amide bonds. The summed E-state index contributed by atoms with van der Waals surface area (Å²) >= 11 is 0. The number of ketones is 1. The van der Waals surface area contributed by atoms with Gasteiger partial charge in [0, 0.05) is 43.4 Å². The molecule has 1 saturated heterocycles. The van der Waals surface area contributed by atoms with Crippen molar-refractivity contribution >= 4 is 17.5 Å². The molecule has 0 bridgehead atoms. The molecule has 31 heavy (non-hydrogen) atoms. The number of carbonyl (C=O) groups is 1. The molecule has 7 heteroatoms. The Morgan fingerprint density at radius 3 is 2.19 bits per heavy atom. The van der Waals surface area contributed by atoms with Crippen LogP contribution in [0.5, 0.6) is 17.2 Å². The molecule has 0 atom stereocenters. The Kier molecular flexibility index (Phi) is 7.52. The molecule has 1 aliphatic rings. The van der Waals surface area contributed by atoms with E-state index in [2.05, 4.69) is 11.8 Å². The van der Waals surface area contributed by atoms with Crippen LogP contribution in [0.1, 0.15) is 22.8 Å². The Labute approximate surface area is 182 Å². The molecule has 0 unspecified atom stereocenters. The molecule has 3 rings (SSSR count). The topological polar surface area (TPSA) is 51.2 Å². The highest BCUT2D eigenvalue weighted by Crippen LogP contribution is 2.35. The molecular formula is C24H29FN2O4. The van der Waals surface area contributed by atoms with E-state index in [4.69, 9.17) is 14.2 Å². The molecule has 0 saturated carbocycles. The summed E-state index contributed by atoms with van der Waals surface area (Å²) in [5.41, 5.74) is 1.49. The summed E-state index contributed by atoms with van der Waals surface area (Å²) in [5.74, 6) is 0.912. The van der Waals surface area contributed by atoms with Crippen LogP contribution < -0.4 is 19.1 Å². The number of allylic oxidation sites excluding steroid dienone is 1. The van der Waals surface area contributed by atoms with Gasteiger partial charge in [-0.2, -0.15) is 0 Å². The van der Waals surface area contributed by atoms with Gasteiger partial charge in [-0.1, -0.05) is 6.92 Å². The fourth-order valence-corrected chi connectivity index (χ4v) is 3.67. The lowest BCUT2D eigenvalue weighted by Gasteiger charge is -2.35. The highest BCUT2D eigenvalue weighted by atomic mass is 19.1. The Bertz CT molecular complexity index is 953. The minimum Gasteiger partial charge on any atom is -0.496 e. The molecule has 2 aromatic carbocycles. The number of hydrogen-bond donors (Lipinski definition) is 0. The van der Waals surface area contributed by atoms with Gasteiger partial charge in [0.25, 0.3) is 0 Å². The fourth-order valence-electron chi connectivity index (χ4n) is 3.67. The van der Waals surface area contributed by atoms with Gasteiger partial charge in [-0.3, -0.25) is 4.79 Å². The summed E-state index contributed by atoms with van der Waals surface area (Å²) in [4.78, 5) is 17.0. The number of carbonyl (C=O) groups excluding carboxylic acids is 1. The Balaban J connectivity index is 1.76. The fraction of sp³-hybridized carbons (Fsp3) is 0.375. The lowest BCUT2D eigenvalue weighted by molar-refractivity contribution is 0.104. The second-order valence-electron chi connectivity index (χ2n) is 7.23. The number of ether oxygens (including phenoxy) is 3. The highest BCUT2D eigenvalue weighted by molar-refractivity contribution is 6.07. The summed E-state index contributed by atoms with van der Waals surface area (Å²) in [6.45, 7) is 6.50. The van der Waals surface area contributed by atoms with Crippen molar-refractivity contribution in [3.63, 3.8) is 0 Å². The first kappa shape index (κ1) is 22.6. The molecule has 0 N–H and O–H groups in total. The number of rotatable bonds is 8. The van der Waals surface area contributed by atoms with E-state index in [0.29, 0.717) is 34.1 Å². The van der Waals surface area contributed by atoms with Gasteiger partial charge >= 0.3 is 0 Å². The molecule has 1 fully saturated rings. The number of nitrogens with zero attached hydrogens (tertiary/aromatic N) is 2. The SMILES string of the molecule is CCN1CCN(c2ccc(C(=O)/C=C/c3cc(OC)c(OC)cc3OC)cc2F)CC1.